The van der Waals surface area contributed by atoms with Crippen molar-refractivity contribution in [3.05, 3.63) is 54.3 Å². The third kappa shape index (κ3) is 3.37. The SMILES string of the molecule is CC(C)c1cc(Oc2c(Cl)cc([N+](=O)[O-])cc2Cl)n[nH]c1=O. The number of nitro benzene ring substituents is 1. The molecule has 116 valence electrons. The van der Waals surface area contributed by atoms with Gasteiger partial charge in [-0.25, -0.2) is 5.10 Å². The molecule has 1 N–H and O–H groups in total. The van der Waals surface area contributed by atoms with Gasteiger partial charge in [-0.2, -0.15) is 0 Å². The molecule has 2 aromatic rings. The number of hydrogen-bond acceptors (Lipinski definition) is 5. The summed E-state index contributed by atoms with van der Waals surface area (Å²) >= 11 is 11.9. The van der Waals surface area contributed by atoms with E-state index in [4.69, 9.17) is 27.9 Å². The second kappa shape index (κ2) is 6.33. The average molecular weight is 344 g/mol. The van der Waals surface area contributed by atoms with Crippen LogP contribution in [0.15, 0.2) is 23.0 Å². The summed E-state index contributed by atoms with van der Waals surface area (Å²) in [4.78, 5) is 21.7. The maximum atomic E-state index is 11.6. The lowest BCUT2D eigenvalue weighted by Gasteiger charge is -2.10. The Morgan fingerprint density at radius 3 is 2.36 bits per heavy atom. The number of halogens is 2. The van der Waals surface area contributed by atoms with Gasteiger partial charge in [0.25, 0.3) is 11.2 Å². The molecule has 22 heavy (non-hydrogen) atoms. The summed E-state index contributed by atoms with van der Waals surface area (Å²) in [5.74, 6) is 0.0843. The average Bonchev–Trinajstić information content (AvgIpc) is 2.43. The van der Waals surface area contributed by atoms with Crippen LogP contribution in [0, 0.1) is 10.1 Å². The third-order valence-corrected chi connectivity index (χ3v) is 3.39. The quantitative estimate of drug-likeness (QED) is 0.670. The van der Waals surface area contributed by atoms with Crippen molar-refractivity contribution in [1.82, 2.24) is 10.2 Å². The third-order valence-electron chi connectivity index (χ3n) is 2.83. The fourth-order valence-electron chi connectivity index (χ4n) is 1.74. The van der Waals surface area contributed by atoms with E-state index >= 15 is 0 Å². The number of hydrogen-bond donors (Lipinski definition) is 1. The fraction of sp³-hybridized carbons (Fsp3) is 0.231. The lowest BCUT2D eigenvalue weighted by Crippen LogP contribution is -2.15. The molecular weight excluding hydrogens is 333 g/mol. The smallest absolute Gasteiger partial charge is 0.272 e. The molecule has 0 atom stereocenters. The first kappa shape index (κ1) is 16.3. The summed E-state index contributed by atoms with van der Waals surface area (Å²) in [5, 5.41) is 16.7. The first-order chi connectivity index (χ1) is 10.3. The van der Waals surface area contributed by atoms with E-state index in [9.17, 15) is 14.9 Å². The van der Waals surface area contributed by atoms with Gasteiger partial charge in [-0.05, 0) is 5.92 Å². The predicted octanol–water partition coefficient (Wildman–Crippen LogP) is 3.90. The van der Waals surface area contributed by atoms with Crippen molar-refractivity contribution in [3.63, 3.8) is 0 Å². The molecule has 0 saturated carbocycles. The van der Waals surface area contributed by atoms with Gasteiger partial charge in [0.1, 0.15) is 0 Å². The molecule has 0 spiro atoms. The Kier molecular flexibility index (Phi) is 4.68. The highest BCUT2D eigenvalue weighted by atomic mass is 35.5. The number of aromatic nitrogens is 2. The van der Waals surface area contributed by atoms with Gasteiger partial charge in [0.2, 0.25) is 5.88 Å². The number of nitrogens with zero attached hydrogens (tertiary/aromatic N) is 2. The fourth-order valence-corrected chi connectivity index (χ4v) is 2.29. The van der Waals surface area contributed by atoms with Gasteiger partial charge >= 0.3 is 0 Å². The lowest BCUT2D eigenvalue weighted by atomic mass is 10.1. The molecule has 2 rings (SSSR count). The van der Waals surface area contributed by atoms with E-state index in [1.54, 1.807) is 0 Å². The van der Waals surface area contributed by atoms with Crippen LogP contribution in [-0.2, 0) is 0 Å². The zero-order valence-electron chi connectivity index (χ0n) is 11.6. The molecule has 1 aromatic carbocycles. The summed E-state index contributed by atoms with van der Waals surface area (Å²) in [6.45, 7) is 3.69. The van der Waals surface area contributed by atoms with Crippen LogP contribution in [0.5, 0.6) is 11.6 Å². The van der Waals surface area contributed by atoms with Crippen LogP contribution >= 0.6 is 23.2 Å². The van der Waals surface area contributed by atoms with E-state index in [1.165, 1.54) is 6.07 Å². The molecule has 0 fully saturated rings. The van der Waals surface area contributed by atoms with Gasteiger partial charge in [0.15, 0.2) is 5.75 Å². The molecule has 0 unspecified atom stereocenters. The summed E-state index contributed by atoms with van der Waals surface area (Å²) in [5.41, 5.74) is -0.0814. The molecule has 9 heteroatoms. The number of nitro groups is 1. The maximum Gasteiger partial charge on any atom is 0.272 e. The van der Waals surface area contributed by atoms with Crippen molar-refractivity contribution in [3.8, 4) is 11.6 Å². The van der Waals surface area contributed by atoms with Crippen LogP contribution in [0.25, 0.3) is 0 Å². The molecule has 1 heterocycles. The van der Waals surface area contributed by atoms with E-state index in [0.717, 1.165) is 12.1 Å². The first-order valence-corrected chi connectivity index (χ1v) is 6.96. The van der Waals surface area contributed by atoms with Crippen LogP contribution < -0.4 is 10.3 Å². The Labute approximate surface area is 135 Å². The Morgan fingerprint density at radius 1 is 1.27 bits per heavy atom. The van der Waals surface area contributed by atoms with Crippen molar-refractivity contribution in [2.24, 2.45) is 0 Å². The molecule has 7 nitrogen and oxygen atoms in total. The van der Waals surface area contributed by atoms with Crippen molar-refractivity contribution in [2.75, 3.05) is 0 Å². The van der Waals surface area contributed by atoms with Crippen molar-refractivity contribution < 1.29 is 9.66 Å². The standard InChI is InChI=1S/C13H11Cl2N3O4/c1-6(2)8-5-11(16-17-13(8)19)22-12-9(14)3-7(18(20)21)4-10(12)15/h3-6H,1-2H3,(H,17,19). The maximum absolute atomic E-state index is 11.6. The Bertz CT molecular complexity index is 766. The molecular formula is C13H11Cl2N3O4. The van der Waals surface area contributed by atoms with Crippen LogP contribution in [-0.4, -0.2) is 15.1 Å². The van der Waals surface area contributed by atoms with E-state index in [2.05, 4.69) is 10.2 Å². The van der Waals surface area contributed by atoms with Gasteiger partial charge in [-0.1, -0.05) is 37.0 Å². The monoisotopic (exact) mass is 343 g/mol. The largest absolute Gasteiger partial charge is 0.434 e. The molecule has 0 amide bonds. The summed E-state index contributed by atoms with van der Waals surface area (Å²) < 4.78 is 5.45. The van der Waals surface area contributed by atoms with Crippen molar-refractivity contribution in [2.45, 2.75) is 19.8 Å². The summed E-state index contributed by atoms with van der Waals surface area (Å²) in [7, 11) is 0. The number of non-ortho nitro benzene ring substituents is 1. The van der Waals surface area contributed by atoms with E-state index < -0.39 is 4.92 Å². The highest BCUT2D eigenvalue weighted by molar-refractivity contribution is 6.37. The minimum atomic E-state index is -0.614. The molecule has 1 aromatic heterocycles. The normalized spacial score (nSPS) is 10.8. The topological polar surface area (TPSA) is 98.1 Å². The molecule has 0 radical (unpaired) electrons. The minimum absolute atomic E-state index is 0.0294. The lowest BCUT2D eigenvalue weighted by molar-refractivity contribution is -0.384. The molecule has 0 bridgehead atoms. The van der Waals surface area contributed by atoms with Crippen molar-refractivity contribution >= 4 is 28.9 Å². The van der Waals surface area contributed by atoms with E-state index in [1.807, 2.05) is 13.8 Å². The molecule has 0 aliphatic rings. The zero-order chi connectivity index (χ0) is 16.4. The first-order valence-electron chi connectivity index (χ1n) is 6.20. The Hall–Kier alpha value is -2.12. The Morgan fingerprint density at radius 2 is 1.86 bits per heavy atom. The summed E-state index contributed by atoms with van der Waals surface area (Å²) in [6, 6.07) is 3.72. The highest BCUT2D eigenvalue weighted by Crippen LogP contribution is 2.38. The van der Waals surface area contributed by atoms with Crippen LogP contribution in [0.3, 0.4) is 0 Å². The number of ether oxygens (including phenoxy) is 1. The van der Waals surface area contributed by atoms with Crippen LogP contribution in [0.1, 0.15) is 25.3 Å². The van der Waals surface area contributed by atoms with Gasteiger partial charge in [-0.3, -0.25) is 14.9 Å². The zero-order valence-corrected chi connectivity index (χ0v) is 13.1. The van der Waals surface area contributed by atoms with Crippen molar-refractivity contribution in [1.29, 1.82) is 0 Å². The predicted molar refractivity (Wildman–Crippen MR) is 82.1 cm³/mol. The van der Waals surface area contributed by atoms with Gasteiger partial charge in [0, 0.05) is 23.8 Å². The number of H-pyrrole nitrogens is 1. The van der Waals surface area contributed by atoms with E-state index in [-0.39, 0.29) is 38.8 Å². The highest BCUT2D eigenvalue weighted by Gasteiger charge is 2.17. The molecule has 0 aliphatic carbocycles. The number of rotatable bonds is 4. The summed E-state index contributed by atoms with van der Waals surface area (Å²) in [6.07, 6.45) is 0. The second-order valence-corrected chi connectivity index (χ2v) is 5.56. The minimum Gasteiger partial charge on any atom is -0.434 e. The number of aromatic amines is 1. The Balaban J connectivity index is 2.41. The van der Waals surface area contributed by atoms with Crippen LogP contribution in [0.2, 0.25) is 10.0 Å². The van der Waals surface area contributed by atoms with E-state index in [0.29, 0.717) is 5.56 Å². The number of benzene rings is 1. The molecule has 0 saturated heterocycles. The van der Waals surface area contributed by atoms with Crippen LogP contribution in [0.4, 0.5) is 5.69 Å². The van der Waals surface area contributed by atoms with Gasteiger partial charge in [-0.15, -0.1) is 5.10 Å². The molecule has 0 aliphatic heterocycles. The van der Waals surface area contributed by atoms with Gasteiger partial charge < -0.3 is 4.74 Å². The second-order valence-electron chi connectivity index (χ2n) is 4.74. The number of nitrogens with one attached hydrogen (secondary N) is 1. The van der Waals surface area contributed by atoms with Gasteiger partial charge in [0.05, 0.1) is 15.0 Å².